The van der Waals surface area contributed by atoms with Crippen molar-refractivity contribution >= 4 is 5.82 Å². The highest BCUT2D eigenvalue weighted by Crippen LogP contribution is 2.08. The third kappa shape index (κ3) is 2.45. The lowest BCUT2D eigenvalue weighted by atomic mass is 10.3. The fraction of sp³-hybridized carbons (Fsp3) is 0.375. The van der Waals surface area contributed by atoms with E-state index in [2.05, 4.69) is 10.3 Å². The van der Waals surface area contributed by atoms with Crippen LogP contribution in [0.15, 0.2) is 12.1 Å². The molecule has 1 rings (SSSR count). The molecule has 4 heteroatoms. The summed E-state index contributed by atoms with van der Waals surface area (Å²) in [5.74, 6) is -1.20. The minimum Gasteiger partial charge on any atom is -0.368 e. The first-order chi connectivity index (χ1) is 5.58. The molecule has 0 saturated carbocycles. The molecular weight excluding hydrogens is 162 g/mol. The van der Waals surface area contributed by atoms with Crippen LogP contribution in [0.25, 0.3) is 0 Å². The molecule has 1 aromatic heterocycles. The maximum Gasteiger partial charge on any atom is 0.217 e. The molecule has 0 spiro atoms. The second kappa shape index (κ2) is 3.47. The average molecular weight is 172 g/mol. The lowest BCUT2D eigenvalue weighted by Crippen LogP contribution is -2.11. The van der Waals surface area contributed by atoms with Crippen LogP contribution in [0.2, 0.25) is 0 Å². The van der Waals surface area contributed by atoms with E-state index in [0.29, 0.717) is 0 Å². The van der Waals surface area contributed by atoms with Gasteiger partial charge in [-0.25, -0.2) is 9.37 Å². The third-order valence-electron chi connectivity index (χ3n) is 1.20. The van der Waals surface area contributed by atoms with E-state index in [1.807, 2.05) is 13.8 Å². The molecule has 0 radical (unpaired) electrons. The fourth-order valence-electron chi connectivity index (χ4n) is 0.835. The average Bonchev–Trinajstić information content (AvgIpc) is 1.81. The van der Waals surface area contributed by atoms with E-state index < -0.39 is 11.8 Å². The minimum absolute atomic E-state index is 0.110. The molecule has 0 atom stereocenters. The van der Waals surface area contributed by atoms with Crippen LogP contribution in [0.5, 0.6) is 0 Å². The highest BCUT2D eigenvalue weighted by atomic mass is 19.1. The predicted molar refractivity (Wildman–Crippen MR) is 42.9 cm³/mol. The number of hydrogen-bond acceptors (Lipinski definition) is 2. The molecule has 2 nitrogen and oxygen atoms in total. The number of halogens is 2. The molecule has 0 unspecified atom stereocenters. The Hall–Kier alpha value is -1.19. The monoisotopic (exact) mass is 172 g/mol. The van der Waals surface area contributed by atoms with Crippen molar-refractivity contribution < 1.29 is 8.78 Å². The van der Waals surface area contributed by atoms with E-state index in [4.69, 9.17) is 0 Å². The first-order valence-electron chi connectivity index (χ1n) is 3.67. The van der Waals surface area contributed by atoms with Crippen molar-refractivity contribution in [1.82, 2.24) is 4.98 Å². The molecular formula is C8H10F2N2. The van der Waals surface area contributed by atoms with E-state index in [1.54, 1.807) is 0 Å². The quantitative estimate of drug-likeness (QED) is 0.691. The molecule has 0 aromatic carbocycles. The van der Waals surface area contributed by atoms with Crippen molar-refractivity contribution in [3.8, 4) is 0 Å². The van der Waals surface area contributed by atoms with Gasteiger partial charge in [-0.3, -0.25) is 0 Å². The number of hydrogen-bond donors (Lipinski definition) is 1. The Morgan fingerprint density at radius 3 is 2.50 bits per heavy atom. The smallest absolute Gasteiger partial charge is 0.217 e. The summed E-state index contributed by atoms with van der Waals surface area (Å²) in [7, 11) is 0. The summed E-state index contributed by atoms with van der Waals surface area (Å²) in [6.07, 6.45) is 0. The second-order valence-electron chi connectivity index (χ2n) is 2.79. The maximum absolute atomic E-state index is 12.6. The highest BCUT2D eigenvalue weighted by Gasteiger charge is 2.02. The van der Waals surface area contributed by atoms with Crippen molar-refractivity contribution in [1.29, 1.82) is 0 Å². The van der Waals surface area contributed by atoms with Crippen LogP contribution < -0.4 is 5.32 Å². The SMILES string of the molecule is CC(C)Nc1cc(F)cc(F)n1. The Morgan fingerprint density at radius 2 is 2.00 bits per heavy atom. The third-order valence-corrected chi connectivity index (χ3v) is 1.20. The molecule has 0 aliphatic heterocycles. The normalized spacial score (nSPS) is 10.4. The number of aromatic nitrogens is 1. The van der Waals surface area contributed by atoms with Crippen LogP contribution in [-0.4, -0.2) is 11.0 Å². The van der Waals surface area contributed by atoms with E-state index in [-0.39, 0.29) is 11.9 Å². The number of anilines is 1. The lowest BCUT2D eigenvalue weighted by molar-refractivity contribution is 0.553. The Balaban J connectivity index is 2.85. The summed E-state index contributed by atoms with van der Waals surface area (Å²) in [5.41, 5.74) is 0. The summed E-state index contributed by atoms with van der Waals surface area (Å²) in [5, 5.41) is 2.80. The van der Waals surface area contributed by atoms with E-state index in [9.17, 15) is 8.78 Å². The Labute approximate surface area is 69.6 Å². The molecule has 1 heterocycles. The highest BCUT2D eigenvalue weighted by molar-refractivity contribution is 5.34. The van der Waals surface area contributed by atoms with Crippen LogP contribution in [0.1, 0.15) is 13.8 Å². The summed E-state index contributed by atoms with van der Waals surface area (Å²) >= 11 is 0. The van der Waals surface area contributed by atoms with E-state index >= 15 is 0 Å². The standard InChI is InChI=1S/C8H10F2N2/c1-5(2)11-8-4-6(9)3-7(10)12-8/h3-5H,1-2H3,(H,11,12). The topological polar surface area (TPSA) is 24.9 Å². The van der Waals surface area contributed by atoms with Gasteiger partial charge in [0.25, 0.3) is 0 Å². The summed E-state index contributed by atoms with van der Waals surface area (Å²) in [4.78, 5) is 3.46. The Kier molecular flexibility index (Phi) is 2.58. The van der Waals surface area contributed by atoms with Gasteiger partial charge in [0.15, 0.2) is 0 Å². The molecule has 1 N–H and O–H groups in total. The predicted octanol–water partition coefficient (Wildman–Crippen LogP) is 2.18. The number of nitrogens with zero attached hydrogens (tertiary/aromatic N) is 1. The van der Waals surface area contributed by atoms with E-state index in [1.165, 1.54) is 0 Å². The lowest BCUT2D eigenvalue weighted by Gasteiger charge is -2.08. The number of rotatable bonds is 2. The molecule has 0 aliphatic carbocycles. The maximum atomic E-state index is 12.6. The summed E-state index contributed by atoms with van der Waals surface area (Å²) < 4.78 is 25.0. The zero-order chi connectivity index (χ0) is 9.14. The molecule has 12 heavy (non-hydrogen) atoms. The van der Waals surface area contributed by atoms with Gasteiger partial charge in [0, 0.05) is 18.2 Å². The van der Waals surface area contributed by atoms with E-state index in [0.717, 1.165) is 12.1 Å². The molecule has 0 aliphatic rings. The van der Waals surface area contributed by atoms with Crippen LogP contribution in [-0.2, 0) is 0 Å². The molecule has 0 saturated heterocycles. The Bertz CT molecular complexity index is 254. The fourth-order valence-corrected chi connectivity index (χ4v) is 0.835. The molecule has 0 bridgehead atoms. The van der Waals surface area contributed by atoms with Gasteiger partial charge in [-0.2, -0.15) is 4.39 Å². The molecule has 0 fully saturated rings. The summed E-state index contributed by atoms with van der Waals surface area (Å²) in [6.45, 7) is 3.73. The summed E-state index contributed by atoms with van der Waals surface area (Å²) in [6, 6.07) is 2.01. The van der Waals surface area contributed by atoms with Crippen molar-refractivity contribution in [3.63, 3.8) is 0 Å². The number of pyridine rings is 1. The zero-order valence-electron chi connectivity index (χ0n) is 6.94. The van der Waals surface area contributed by atoms with Crippen LogP contribution in [0, 0.1) is 11.8 Å². The first-order valence-corrected chi connectivity index (χ1v) is 3.67. The minimum atomic E-state index is -0.807. The van der Waals surface area contributed by atoms with Gasteiger partial charge in [0.1, 0.15) is 11.6 Å². The van der Waals surface area contributed by atoms with Crippen LogP contribution in [0.3, 0.4) is 0 Å². The first kappa shape index (κ1) is 8.90. The number of nitrogens with one attached hydrogen (secondary N) is 1. The zero-order valence-corrected chi connectivity index (χ0v) is 6.94. The Morgan fingerprint density at radius 1 is 1.33 bits per heavy atom. The van der Waals surface area contributed by atoms with Crippen molar-refractivity contribution in [2.24, 2.45) is 0 Å². The largest absolute Gasteiger partial charge is 0.368 e. The van der Waals surface area contributed by atoms with Gasteiger partial charge in [-0.05, 0) is 13.8 Å². The molecule has 0 amide bonds. The van der Waals surface area contributed by atoms with Gasteiger partial charge in [-0.15, -0.1) is 0 Å². The van der Waals surface area contributed by atoms with Gasteiger partial charge >= 0.3 is 0 Å². The van der Waals surface area contributed by atoms with Gasteiger partial charge in [0.05, 0.1) is 0 Å². The van der Waals surface area contributed by atoms with Crippen molar-refractivity contribution in [3.05, 3.63) is 23.9 Å². The van der Waals surface area contributed by atoms with Crippen LogP contribution in [0.4, 0.5) is 14.6 Å². The molecule has 66 valence electrons. The van der Waals surface area contributed by atoms with Gasteiger partial charge in [0.2, 0.25) is 5.95 Å². The van der Waals surface area contributed by atoms with Crippen molar-refractivity contribution in [2.45, 2.75) is 19.9 Å². The second-order valence-corrected chi connectivity index (χ2v) is 2.79. The van der Waals surface area contributed by atoms with Gasteiger partial charge in [-0.1, -0.05) is 0 Å². The molecule has 1 aromatic rings. The van der Waals surface area contributed by atoms with Crippen molar-refractivity contribution in [2.75, 3.05) is 5.32 Å². The van der Waals surface area contributed by atoms with Crippen LogP contribution >= 0.6 is 0 Å². The van der Waals surface area contributed by atoms with Gasteiger partial charge < -0.3 is 5.32 Å².